The van der Waals surface area contributed by atoms with Crippen molar-refractivity contribution >= 4 is 17.4 Å². The van der Waals surface area contributed by atoms with Gasteiger partial charge in [0.15, 0.2) is 0 Å². The molecule has 2 fully saturated rings. The maximum absolute atomic E-state index is 12.2. The van der Waals surface area contributed by atoms with Crippen molar-refractivity contribution in [3.63, 3.8) is 0 Å². The van der Waals surface area contributed by atoms with E-state index >= 15 is 0 Å². The zero-order chi connectivity index (χ0) is 17.1. The summed E-state index contributed by atoms with van der Waals surface area (Å²) in [4.78, 5) is 21.3. The number of nitrogens with one attached hydrogen (secondary N) is 1. The second kappa shape index (κ2) is 7.49. The molecule has 3 rings (SSSR count). The van der Waals surface area contributed by atoms with Crippen molar-refractivity contribution in [3.05, 3.63) is 18.3 Å². The number of hydrogen-bond acceptors (Lipinski definition) is 5. The van der Waals surface area contributed by atoms with E-state index in [1.165, 1.54) is 12.8 Å². The second-order valence-corrected chi connectivity index (χ2v) is 7.34. The fourth-order valence-corrected chi connectivity index (χ4v) is 3.77. The quantitative estimate of drug-likeness (QED) is 0.878. The van der Waals surface area contributed by atoms with Crippen LogP contribution in [0.25, 0.3) is 0 Å². The molecule has 6 heteroatoms. The molecule has 2 atom stereocenters. The minimum atomic E-state index is 0.0338. The molecule has 1 saturated heterocycles. The summed E-state index contributed by atoms with van der Waals surface area (Å²) in [5.74, 6) is 0.717. The van der Waals surface area contributed by atoms with Gasteiger partial charge >= 0.3 is 0 Å². The van der Waals surface area contributed by atoms with Crippen LogP contribution in [0.5, 0.6) is 0 Å². The van der Waals surface area contributed by atoms with E-state index in [1.807, 2.05) is 12.3 Å². The van der Waals surface area contributed by atoms with E-state index in [2.05, 4.69) is 40.3 Å². The monoisotopic (exact) mass is 331 g/mol. The Morgan fingerprint density at radius 1 is 1.25 bits per heavy atom. The minimum Gasteiger partial charge on any atom is -0.370 e. The van der Waals surface area contributed by atoms with Crippen LogP contribution in [0.15, 0.2) is 18.3 Å². The van der Waals surface area contributed by atoms with Gasteiger partial charge in [0.25, 0.3) is 0 Å². The number of anilines is 2. The Kier molecular flexibility index (Phi) is 5.36. The molecule has 0 spiro atoms. The average Bonchev–Trinajstić information content (AvgIpc) is 3.02. The summed E-state index contributed by atoms with van der Waals surface area (Å²) in [5.41, 5.74) is 7.02. The van der Waals surface area contributed by atoms with Crippen LogP contribution < -0.4 is 16.0 Å². The van der Waals surface area contributed by atoms with Gasteiger partial charge in [-0.1, -0.05) is 0 Å². The normalized spacial score (nSPS) is 25.2. The molecular weight excluding hydrogens is 302 g/mol. The molecule has 0 aromatic carbocycles. The molecule has 1 saturated carbocycles. The molecule has 0 radical (unpaired) electrons. The Balaban J connectivity index is 1.53. The number of carbonyl (C=O) groups is 1. The third kappa shape index (κ3) is 4.05. The van der Waals surface area contributed by atoms with Crippen molar-refractivity contribution in [2.24, 2.45) is 11.7 Å². The van der Waals surface area contributed by atoms with Crippen LogP contribution in [0, 0.1) is 5.92 Å². The van der Waals surface area contributed by atoms with E-state index in [0.29, 0.717) is 11.9 Å². The maximum Gasteiger partial charge on any atom is 0.228 e. The highest BCUT2D eigenvalue weighted by atomic mass is 16.1. The predicted octanol–water partition coefficient (Wildman–Crippen LogP) is 1.68. The van der Waals surface area contributed by atoms with Gasteiger partial charge in [0.1, 0.15) is 5.82 Å². The molecule has 3 N–H and O–H groups in total. The van der Waals surface area contributed by atoms with E-state index < -0.39 is 0 Å². The van der Waals surface area contributed by atoms with E-state index in [-0.39, 0.29) is 17.9 Å². The number of nitrogens with two attached hydrogens (primary N) is 1. The van der Waals surface area contributed by atoms with Crippen LogP contribution in [0.3, 0.4) is 0 Å². The lowest BCUT2D eigenvalue weighted by Gasteiger charge is -2.36. The third-order valence-electron chi connectivity index (χ3n) is 5.40. The Hall–Kier alpha value is -1.66. The largest absolute Gasteiger partial charge is 0.370 e. The number of carbonyl (C=O) groups excluding carboxylic acids is 1. The van der Waals surface area contributed by atoms with Crippen molar-refractivity contribution < 1.29 is 4.79 Å². The zero-order valence-corrected chi connectivity index (χ0v) is 14.7. The number of hydrogen-bond donors (Lipinski definition) is 2. The first kappa shape index (κ1) is 17.2. The molecule has 2 heterocycles. The van der Waals surface area contributed by atoms with Crippen LogP contribution >= 0.6 is 0 Å². The summed E-state index contributed by atoms with van der Waals surface area (Å²) < 4.78 is 0. The molecule has 1 amide bonds. The van der Waals surface area contributed by atoms with Crippen molar-refractivity contribution in [3.8, 4) is 0 Å². The molecule has 1 aromatic heterocycles. The van der Waals surface area contributed by atoms with Gasteiger partial charge in [-0.25, -0.2) is 4.98 Å². The Morgan fingerprint density at radius 3 is 2.54 bits per heavy atom. The van der Waals surface area contributed by atoms with E-state index in [0.717, 1.165) is 38.0 Å². The molecule has 1 aliphatic heterocycles. The van der Waals surface area contributed by atoms with Gasteiger partial charge in [0, 0.05) is 31.1 Å². The number of rotatable bonds is 4. The van der Waals surface area contributed by atoms with Gasteiger partial charge < -0.3 is 20.9 Å². The van der Waals surface area contributed by atoms with Gasteiger partial charge in [-0.15, -0.1) is 0 Å². The topological polar surface area (TPSA) is 74.5 Å². The SMILES string of the molecule is CN(C)C1CCN(c2ccc(NC(=O)C3CCC(N)C3)nc2)CC1. The number of aromatic nitrogens is 1. The summed E-state index contributed by atoms with van der Waals surface area (Å²) in [7, 11) is 4.30. The first-order valence-corrected chi connectivity index (χ1v) is 8.97. The summed E-state index contributed by atoms with van der Waals surface area (Å²) >= 11 is 0. The van der Waals surface area contributed by atoms with Crippen LogP contribution in [-0.2, 0) is 4.79 Å². The van der Waals surface area contributed by atoms with Crippen molar-refractivity contribution in [2.45, 2.75) is 44.2 Å². The molecule has 132 valence electrons. The summed E-state index contributed by atoms with van der Waals surface area (Å²) in [5, 5.41) is 2.93. The van der Waals surface area contributed by atoms with E-state index in [4.69, 9.17) is 5.73 Å². The standard InChI is InChI=1S/C18H29N5O/c1-22(2)15-7-9-23(10-8-15)16-5-6-17(20-12-16)21-18(24)13-3-4-14(19)11-13/h5-6,12-15H,3-4,7-11,19H2,1-2H3,(H,20,21,24). The van der Waals surface area contributed by atoms with Crippen molar-refractivity contribution in [1.82, 2.24) is 9.88 Å². The lowest BCUT2D eigenvalue weighted by Crippen LogP contribution is -2.42. The van der Waals surface area contributed by atoms with E-state index in [1.54, 1.807) is 0 Å². The lowest BCUT2D eigenvalue weighted by molar-refractivity contribution is -0.119. The Morgan fingerprint density at radius 2 is 2.00 bits per heavy atom. The van der Waals surface area contributed by atoms with Crippen LogP contribution in [0.4, 0.5) is 11.5 Å². The predicted molar refractivity (Wildman–Crippen MR) is 97.1 cm³/mol. The van der Waals surface area contributed by atoms with Crippen molar-refractivity contribution in [1.29, 1.82) is 0 Å². The number of amides is 1. The molecule has 2 unspecified atom stereocenters. The number of nitrogens with zero attached hydrogens (tertiary/aromatic N) is 3. The maximum atomic E-state index is 12.2. The minimum absolute atomic E-state index is 0.0338. The summed E-state index contributed by atoms with van der Waals surface area (Å²) in [6.07, 6.45) is 6.82. The summed E-state index contributed by atoms with van der Waals surface area (Å²) in [6.45, 7) is 2.10. The highest BCUT2D eigenvalue weighted by molar-refractivity contribution is 5.92. The zero-order valence-electron chi connectivity index (χ0n) is 14.7. The molecule has 1 aromatic rings. The Bertz CT molecular complexity index is 551. The molecule has 6 nitrogen and oxygen atoms in total. The van der Waals surface area contributed by atoms with Crippen molar-refractivity contribution in [2.75, 3.05) is 37.4 Å². The van der Waals surface area contributed by atoms with Crippen LogP contribution in [-0.4, -0.2) is 55.1 Å². The fraction of sp³-hybridized carbons (Fsp3) is 0.667. The number of pyridine rings is 1. The average molecular weight is 331 g/mol. The number of piperidine rings is 1. The lowest BCUT2D eigenvalue weighted by atomic mass is 10.0. The van der Waals surface area contributed by atoms with Crippen LogP contribution in [0.1, 0.15) is 32.1 Å². The fourth-order valence-electron chi connectivity index (χ4n) is 3.77. The molecular formula is C18H29N5O. The van der Waals surface area contributed by atoms with Gasteiger partial charge in [-0.2, -0.15) is 0 Å². The molecule has 2 aliphatic rings. The van der Waals surface area contributed by atoms with E-state index in [9.17, 15) is 4.79 Å². The highest BCUT2D eigenvalue weighted by Gasteiger charge is 2.28. The van der Waals surface area contributed by atoms with Gasteiger partial charge in [0.2, 0.25) is 5.91 Å². The summed E-state index contributed by atoms with van der Waals surface area (Å²) in [6, 6.07) is 4.80. The first-order valence-electron chi connectivity index (χ1n) is 8.97. The van der Waals surface area contributed by atoms with Crippen LogP contribution in [0.2, 0.25) is 0 Å². The van der Waals surface area contributed by atoms with Gasteiger partial charge in [-0.05, 0) is 58.3 Å². The molecule has 24 heavy (non-hydrogen) atoms. The highest BCUT2D eigenvalue weighted by Crippen LogP contribution is 2.26. The molecule has 1 aliphatic carbocycles. The van der Waals surface area contributed by atoms with Gasteiger partial charge in [-0.3, -0.25) is 4.79 Å². The second-order valence-electron chi connectivity index (χ2n) is 7.34. The van der Waals surface area contributed by atoms with Gasteiger partial charge in [0.05, 0.1) is 11.9 Å². The third-order valence-corrected chi connectivity index (χ3v) is 5.40. The first-order chi connectivity index (χ1) is 11.5. The smallest absolute Gasteiger partial charge is 0.228 e. The Labute approximate surface area is 144 Å². The molecule has 0 bridgehead atoms.